The summed E-state index contributed by atoms with van der Waals surface area (Å²) < 4.78 is 22.1. The maximum Gasteiger partial charge on any atom is 0.252 e. The van der Waals surface area contributed by atoms with Crippen LogP contribution in [0.15, 0.2) is 70.7 Å². The molecule has 2 atom stereocenters. The van der Waals surface area contributed by atoms with Crippen LogP contribution in [0.2, 0.25) is 0 Å². The van der Waals surface area contributed by atoms with Crippen molar-refractivity contribution in [1.29, 1.82) is 0 Å². The smallest absolute Gasteiger partial charge is 0.252 e. The fraction of sp³-hybridized carbons (Fsp3) is 0.444. The molecule has 2 aromatic carbocycles. The molecule has 4 heterocycles. The first kappa shape index (κ1) is 34.6. The van der Waals surface area contributed by atoms with Gasteiger partial charge in [0.25, 0.3) is 11.8 Å². The van der Waals surface area contributed by atoms with Crippen molar-refractivity contribution >= 4 is 55.2 Å². The quantitative estimate of drug-likeness (QED) is 0.140. The van der Waals surface area contributed by atoms with Crippen LogP contribution in [-0.2, 0) is 41.6 Å². The number of ether oxygens (including phenoxy) is 4. The normalized spacial score (nSPS) is 17.7. The molecule has 4 aromatic rings. The molecule has 0 aliphatic carbocycles. The average molecular weight is 691 g/mol. The van der Waals surface area contributed by atoms with Crippen LogP contribution in [0.5, 0.6) is 0 Å². The van der Waals surface area contributed by atoms with Gasteiger partial charge in [0.2, 0.25) is 0 Å². The molecule has 10 nitrogen and oxygen atoms in total. The van der Waals surface area contributed by atoms with Gasteiger partial charge in [0.1, 0.15) is 12.2 Å². The van der Waals surface area contributed by atoms with Gasteiger partial charge >= 0.3 is 0 Å². The highest BCUT2D eigenvalue weighted by Crippen LogP contribution is 2.43. The number of fused-ring (bicyclic) bond motifs is 2. The number of amides is 2. The number of nitrogens with zero attached hydrogens (tertiary/aromatic N) is 4. The van der Waals surface area contributed by atoms with Crippen molar-refractivity contribution < 1.29 is 28.5 Å². The summed E-state index contributed by atoms with van der Waals surface area (Å²) in [5.74, 6) is 0.0213. The minimum absolute atomic E-state index is 0.0106. The van der Waals surface area contributed by atoms with Crippen LogP contribution in [0.4, 0.5) is 0 Å². The summed E-state index contributed by atoms with van der Waals surface area (Å²) in [5, 5.41) is 2.02. The molecule has 48 heavy (non-hydrogen) atoms. The molecule has 0 spiro atoms. The number of methoxy groups -OCH3 is 2. The molecule has 2 aliphatic heterocycles. The number of carbonyl (C=O) groups excluding carboxylic acids is 2. The van der Waals surface area contributed by atoms with Crippen LogP contribution in [0.3, 0.4) is 0 Å². The van der Waals surface area contributed by atoms with E-state index in [9.17, 15) is 9.59 Å². The number of aromatic nitrogens is 2. The van der Waals surface area contributed by atoms with E-state index in [2.05, 4.69) is 36.4 Å². The Kier molecular flexibility index (Phi) is 12.2. The molecule has 0 bridgehead atoms. The van der Waals surface area contributed by atoms with E-state index in [4.69, 9.17) is 28.9 Å². The van der Waals surface area contributed by atoms with Gasteiger partial charge in [-0.05, 0) is 61.1 Å². The van der Waals surface area contributed by atoms with Crippen LogP contribution in [-0.4, -0.2) is 97.5 Å². The number of hydrogen-bond acceptors (Lipinski definition) is 10. The number of benzene rings is 2. The summed E-state index contributed by atoms with van der Waals surface area (Å²) in [6.45, 7) is 4.05. The summed E-state index contributed by atoms with van der Waals surface area (Å²) in [6.07, 6.45) is 6.15. The summed E-state index contributed by atoms with van der Waals surface area (Å²) >= 11 is 0. The third kappa shape index (κ3) is 8.12. The molecule has 6 rings (SSSR count). The average Bonchev–Trinajstić information content (AvgIpc) is 3.87. The maximum absolute atomic E-state index is 13.3. The van der Waals surface area contributed by atoms with Crippen LogP contribution in [0, 0.1) is 0 Å². The summed E-state index contributed by atoms with van der Waals surface area (Å²) in [5.41, 5.74) is 3.84. The van der Waals surface area contributed by atoms with E-state index >= 15 is 0 Å². The van der Waals surface area contributed by atoms with Gasteiger partial charge in [0.15, 0.2) is 0 Å². The summed E-state index contributed by atoms with van der Waals surface area (Å²) in [6, 6.07) is 16.4. The van der Waals surface area contributed by atoms with Crippen molar-refractivity contribution in [3.8, 4) is 0 Å². The SMILES string of the molecule is COCCN(Cc1ccc(SSc2ccc(CN(CCOC)C(=O)C3CCCO3)c3cccnc23)c2ncccc12)C(=O)C1CCCO1. The second-order valence-corrected chi connectivity index (χ2v) is 14.1. The van der Waals surface area contributed by atoms with Gasteiger partial charge in [-0.25, -0.2) is 0 Å². The zero-order valence-corrected chi connectivity index (χ0v) is 29.1. The topological polar surface area (TPSA) is 103 Å². The largest absolute Gasteiger partial charge is 0.383 e. The summed E-state index contributed by atoms with van der Waals surface area (Å²) in [7, 11) is 6.57. The van der Waals surface area contributed by atoms with E-state index in [1.165, 1.54) is 0 Å². The van der Waals surface area contributed by atoms with Gasteiger partial charge in [-0.2, -0.15) is 0 Å². The van der Waals surface area contributed by atoms with E-state index in [1.54, 1.807) is 48.2 Å². The number of hydrogen-bond donors (Lipinski definition) is 0. The molecule has 2 aliphatic rings. The fourth-order valence-electron chi connectivity index (χ4n) is 6.21. The third-order valence-corrected chi connectivity index (χ3v) is 11.2. The van der Waals surface area contributed by atoms with Gasteiger partial charge < -0.3 is 28.7 Å². The Bertz CT molecular complexity index is 1590. The first-order valence-electron chi connectivity index (χ1n) is 16.4. The number of pyridine rings is 2. The summed E-state index contributed by atoms with van der Waals surface area (Å²) in [4.78, 5) is 41.9. The van der Waals surface area contributed by atoms with Gasteiger partial charge in [-0.15, -0.1) is 0 Å². The van der Waals surface area contributed by atoms with E-state index in [0.29, 0.717) is 52.6 Å². The van der Waals surface area contributed by atoms with Crippen molar-refractivity contribution in [2.45, 2.75) is 60.8 Å². The zero-order chi connectivity index (χ0) is 33.3. The molecular formula is C36H42N4O6S2. The van der Waals surface area contributed by atoms with Crippen molar-refractivity contribution in [1.82, 2.24) is 19.8 Å². The fourth-order valence-corrected chi connectivity index (χ4v) is 8.47. The van der Waals surface area contributed by atoms with Gasteiger partial charge in [0.05, 0.1) is 24.2 Å². The van der Waals surface area contributed by atoms with E-state index in [1.807, 2.05) is 21.9 Å². The number of rotatable bonds is 15. The molecule has 12 heteroatoms. The molecule has 2 unspecified atom stereocenters. The predicted molar refractivity (Wildman–Crippen MR) is 188 cm³/mol. The lowest BCUT2D eigenvalue weighted by Gasteiger charge is -2.26. The first-order chi connectivity index (χ1) is 23.6. The Morgan fingerprint density at radius 1 is 0.729 bits per heavy atom. The maximum atomic E-state index is 13.3. The minimum Gasteiger partial charge on any atom is -0.383 e. The highest BCUT2D eigenvalue weighted by molar-refractivity contribution is 8.76. The number of carbonyl (C=O) groups is 2. The highest BCUT2D eigenvalue weighted by atomic mass is 33.1. The molecule has 2 amide bonds. The van der Waals surface area contributed by atoms with E-state index in [-0.39, 0.29) is 24.0 Å². The minimum atomic E-state index is -0.387. The van der Waals surface area contributed by atoms with Gasteiger partial charge in [-0.1, -0.05) is 45.9 Å². The second-order valence-electron chi connectivity index (χ2n) is 11.9. The van der Waals surface area contributed by atoms with Crippen molar-refractivity contribution in [2.75, 3.05) is 53.7 Å². The molecule has 2 saturated heterocycles. The highest BCUT2D eigenvalue weighted by Gasteiger charge is 2.30. The molecule has 0 saturated carbocycles. The van der Waals surface area contributed by atoms with Crippen LogP contribution >= 0.6 is 21.6 Å². The Labute approximate surface area is 289 Å². The van der Waals surface area contributed by atoms with E-state index in [0.717, 1.165) is 68.4 Å². The van der Waals surface area contributed by atoms with Crippen molar-refractivity contribution in [3.63, 3.8) is 0 Å². The van der Waals surface area contributed by atoms with Crippen LogP contribution in [0.25, 0.3) is 21.8 Å². The molecule has 0 N–H and O–H groups in total. The molecule has 2 aromatic heterocycles. The third-order valence-electron chi connectivity index (χ3n) is 8.75. The lowest BCUT2D eigenvalue weighted by molar-refractivity contribution is -0.142. The predicted octanol–water partition coefficient (Wildman–Crippen LogP) is 5.89. The molecule has 2 fully saturated rings. The van der Waals surface area contributed by atoms with Gasteiger partial charge in [-0.3, -0.25) is 19.6 Å². The standard InChI is InChI=1S/C36H42N4O6S2/c1-43-21-17-39(35(41)29-9-5-19-45-29)23-25-11-13-31(33-27(25)7-3-15-37-33)47-48-32-14-12-26(28-8-4-16-38-34(28)32)24-40(18-22-44-2)36(42)30-10-6-20-46-30/h3-4,7-8,11-16,29-30H,5-6,9-10,17-24H2,1-2H3. The molecular weight excluding hydrogens is 649 g/mol. The molecule has 254 valence electrons. The van der Waals surface area contributed by atoms with Crippen LogP contribution < -0.4 is 0 Å². The monoisotopic (exact) mass is 690 g/mol. The molecule has 0 radical (unpaired) electrons. The Hall–Kier alpha value is -3.26. The van der Waals surface area contributed by atoms with Gasteiger partial charge in [0, 0.05) is 86.6 Å². The first-order valence-corrected chi connectivity index (χ1v) is 18.6. The Morgan fingerprint density at radius 2 is 1.19 bits per heavy atom. The van der Waals surface area contributed by atoms with Crippen molar-refractivity contribution in [3.05, 3.63) is 72.1 Å². The lowest BCUT2D eigenvalue weighted by atomic mass is 10.1. The Balaban J connectivity index is 1.22. The van der Waals surface area contributed by atoms with E-state index < -0.39 is 0 Å². The second kappa shape index (κ2) is 16.9. The zero-order valence-electron chi connectivity index (χ0n) is 27.5. The van der Waals surface area contributed by atoms with Crippen LogP contribution in [0.1, 0.15) is 36.8 Å². The lowest BCUT2D eigenvalue weighted by Crippen LogP contribution is -2.40. The van der Waals surface area contributed by atoms with Crippen molar-refractivity contribution in [2.24, 2.45) is 0 Å². The Morgan fingerprint density at radius 3 is 1.58 bits per heavy atom.